The third-order valence-corrected chi connectivity index (χ3v) is 6.62. The van der Waals surface area contributed by atoms with Crippen molar-refractivity contribution in [2.24, 2.45) is 11.5 Å². The van der Waals surface area contributed by atoms with Gasteiger partial charge in [0.05, 0.1) is 0 Å². The van der Waals surface area contributed by atoms with E-state index in [1.54, 1.807) is 22.5 Å². The molecule has 0 heterocycles. The SMILES string of the molecule is CCCCCCCC[CH2][Mo+2][CH2]CCCCCCCC.NC(=S)[S-].NC(=S)[S-]. The normalized spacial score (nSPS) is 9.41. The first kappa shape index (κ1) is 32.6. The molecule has 2 nitrogen and oxygen atoms in total. The minimum Gasteiger partial charge on any atom is -0.415 e. The molecule has 0 spiro atoms. The van der Waals surface area contributed by atoms with Gasteiger partial charge in [-0.2, -0.15) is 0 Å². The molecule has 0 aromatic rings. The van der Waals surface area contributed by atoms with Crippen molar-refractivity contribution in [3.8, 4) is 0 Å². The van der Waals surface area contributed by atoms with Gasteiger partial charge >= 0.3 is 132 Å². The second-order valence-electron chi connectivity index (χ2n) is 6.49. The Balaban J connectivity index is -0.000000603. The summed E-state index contributed by atoms with van der Waals surface area (Å²) in [5, 5.41) is 0. The van der Waals surface area contributed by atoms with Crippen LogP contribution in [0.15, 0.2) is 0 Å². The maximum Gasteiger partial charge on any atom is -0.0708 e. The molecule has 0 saturated carbocycles. The van der Waals surface area contributed by atoms with Crippen LogP contribution in [0.2, 0.25) is 9.62 Å². The molecular weight excluding hydrogens is 492 g/mol. The standard InChI is InChI=1S/2C9H19.2CH3NS2.Mo/c2*1-3-5-7-9-8-6-4-2;2*2-1(3)4;/h2*1,3-9H2,2H3;2*(H3,2,3,4);/q;;;;+2/p-2. The molecule has 0 amide bonds. The van der Waals surface area contributed by atoms with Crippen molar-refractivity contribution in [2.45, 2.75) is 113 Å². The van der Waals surface area contributed by atoms with Crippen LogP contribution in [-0.4, -0.2) is 8.64 Å². The minimum atomic E-state index is 0.0833. The fraction of sp³-hybridized carbons (Fsp3) is 0.900. The Hall–Kier alpha value is 0.908. The Kier molecular flexibility index (Phi) is 38.1. The summed E-state index contributed by atoms with van der Waals surface area (Å²) in [6.07, 6.45) is 20.7. The van der Waals surface area contributed by atoms with E-state index in [9.17, 15) is 0 Å². The second-order valence-corrected chi connectivity index (χ2v) is 11.8. The first-order chi connectivity index (χ1) is 12.9. The van der Waals surface area contributed by atoms with Gasteiger partial charge in [-0.1, -0.05) is 8.64 Å². The van der Waals surface area contributed by atoms with Crippen molar-refractivity contribution >= 4 is 58.3 Å². The van der Waals surface area contributed by atoms with Crippen molar-refractivity contribution < 1.29 is 18.6 Å². The maximum absolute atomic E-state index is 4.66. The molecule has 7 heteroatoms. The Labute approximate surface area is 200 Å². The number of thiocarbonyl (C=S) groups is 2. The van der Waals surface area contributed by atoms with Gasteiger partial charge in [-0.25, -0.2) is 0 Å². The quantitative estimate of drug-likeness (QED) is 0.0966. The largest absolute Gasteiger partial charge is 0.415 e. The van der Waals surface area contributed by atoms with E-state index in [-0.39, 0.29) is 8.64 Å². The van der Waals surface area contributed by atoms with Crippen LogP contribution in [-0.2, 0) is 43.8 Å². The van der Waals surface area contributed by atoms with E-state index in [0.29, 0.717) is 18.6 Å². The fourth-order valence-electron chi connectivity index (χ4n) is 2.42. The van der Waals surface area contributed by atoms with Crippen LogP contribution < -0.4 is 11.5 Å². The summed E-state index contributed by atoms with van der Waals surface area (Å²) in [6, 6.07) is 0. The number of rotatable bonds is 16. The minimum absolute atomic E-state index is 0.0833. The van der Waals surface area contributed by atoms with Crippen molar-refractivity contribution in [2.75, 3.05) is 0 Å². The van der Waals surface area contributed by atoms with Crippen LogP contribution in [0.1, 0.15) is 104 Å². The maximum atomic E-state index is 4.66. The van der Waals surface area contributed by atoms with Gasteiger partial charge in [0.2, 0.25) is 0 Å². The first-order valence-electron chi connectivity index (χ1n) is 10.4. The zero-order chi connectivity index (χ0) is 21.2. The monoisotopic (exact) mass is 536 g/mol. The smallest absolute Gasteiger partial charge is 0.0708 e. The average Bonchev–Trinajstić information content (AvgIpc) is 2.57. The molecule has 0 aliphatic carbocycles. The van der Waals surface area contributed by atoms with Crippen molar-refractivity contribution in [3.63, 3.8) is 0 Å². The van der Waals surface area contributed by atoms with E-state index in [1.165, 1.54) is 77.0 Å². The van der Waals surface area contributed by atoms with Crippen LogP contribution >= 0.6 is 24.4 Å². The Morgan fingerprint density at radius 2 is 0.815 bits per heavy atom. The summed E-state index contributed by atoms with van der Waals surface area (Å²) < 4.78 is 0.167. The predicted molar refractivity (Wildman–Crippen MR) is 134 cm³/mol. The summed E-state index contributed by atoms with van der Waals surface area (Å²) in [4.78, 5) is 3.24. The fourth-order valence-corrected chi connectivity index (χ4v) is 4.93. The number of hydrogen-bond acceptors (Lipinski definition) is 4. The van der Waals surface area contributed by atoms with Crippen LogP contribution in [0.3, 0.4) is 0 Å². The Morgan fingerprint density at radius 1 is 0.593 bits per heavy atom. The van der Waals surface area contributed by atoms with E-state index in [0.717, 1.165) is 0 Å². The Morgan fingerprint density at radius 3 is 1.07 bits per heavy atom. The molecule has 162 valence electrons. The van der Waals surface area contributed by atoms with Crippen LogP contribution in [0.4, 0.5) is 0 Å². The molecule has 0 aliphatic heterocycles. The molecule has 27 heavy (non-hydrogen) atoms. The van der Waals surface area contributed by atoms with Crippen molar-refractivity contribution in [1.82, 2.24) is 0 Å². The number of hydrogen-bond donors (Lipinski definition) is 2. The first-order valence-corrected chi connectivity index (χ1v) is 14.9. The van der Waals surface area contributed by atoms with Gasteiger partial charge in [-0.15, -0.1) is 0 Å². The zero-order valence-corrected chi connectivity index (χ0v) is 22.8. The topological polar surface area (TPSA) is 52.0 Å². The molecule has 0 rings (SSSR count). The molecule has 0 unspecified atom stereocenters. The summed E-state index contributed by atoms with van der Waals surface area (Å²) in [5.41, 5.74) is 9.31. The van der Waals surface area contributed by atoms with Crippen molar-refractivity contribution in [3.05, 3.63) is 0 Å². The van der Waals surface area contributed by atoms with Crippen LogP contribution in [0.25, 0.3) is 0 Å². The van der Waals surface area contributed by atoms with E-state index in [1.807, 2.05) is 0 Å². The summed E-state index contributed by atoms with van der Waals surface area (Å²) in [6.45, 7) is 4.60. The summed E-state index contributed by atoms with van der Waals surface area (Å²) >= 11 is 16.9. The van der Waals surface area contributed by atoms with Crippen molar-refractivity contribution in [1.29, 1.82) is 0 Å². The van der Waals surface area contributed by atoms with E-state index in [2.05, 4.69) is 75.0 Å². The van der Waals surface area contributed by atoms with Gasteiger partial charge in [0.1, 0.15) is 0 Å². The van der Waals surface area contributed by atoms with E-state index in [4.69, 9.17) is 0 Å². The van der Waals surface area contributed by atoms with Gasteiger partial charge < -0.3 is 61.2 Å². The molecule has 0 atom stereocenters. The van der Waals surface area contributed by atoms with E-state index < -0.39 is 0 Å². The molecule has 0 aromatic heterocycles. The van der Waals surface area contributed by atoms with Crippen LogP contribution in [0.5, 0.6) is 0 Å². The molecule has 0 aliphatic rings. The molecule has 0 radical (unpaired) electrons. The van der Waals surface area contributed by atoms with Gasteiger partial charge in [0, 0.05) is 0 Å². The third kappa shape index (κ3) is 58.4. The zero-order valence-electron chi connectivity index (χ0n) is 17.5. The Bertz CT molecular complexity index is 270. The van der Waals surface area contributed by atoms with Gasteiger partial charge in [-0.05, 0) is 0 Å². The molecule has 0 aromatic carbocycles. The van der Waals surface area contributed by atoms with Gasteiger partial charge in [-0.3, -0.25) is 0 Å². The molecular formula is C20H42MoN2S4. The molecule has 0 saturated heterocycles. The molecule has 0 fully saturated rings. The second kappa shape index (κ2) is 31.6. The summed E-state index contributed by atoms with van der Waals surface area (Å²) in [7, 11) is 0. The third-order valence-electron chi connectivity index (χ3n) is 3.78. The van der Waals surface area contributed by atoms with Crippen LogP contribution in [0, 0.1) is 0 Å². The predicted octanol–water partition coefficient (Wildman–Crippen LogP) is 6.96. The van der Waals surface area contributed by atoms with E-state index >= 15 is 0 Å². The summed E-state index contributed by atoms with van der Waals surface area (Å²) in [5.74, 6) is 0. The molecule has 0 bridgehead atoms. The number of unbranched alkanes of at least 4 members (excludes halogenated alkanes) is 12. The van der Waals surface area contributed by atoms with Gasteiger partial charge in [0.15, 0.2) is 0 Å². The van der Waals surface area contributed by atoms with Gasteiger partial charge in [0.25, 0.3) is 0 Å². The number of nitrogens with two attached hydrogens (primary N) is 2. The molecule has 4 N–H and O–H groups in total. The average molecular weight is 535 g/mol.